The van der Waals surface area contributed by atoms with Crippen molar-refractivity contribution in [3.05, 3.63) is 24.3 Å². The fraction of sp³-hybridized carbons (Fsp3) is 0.357. The Morgan fingerprint density at radius 3 is 2.65 bits per heavy atom. The van der Waals surface area contributed by atoms with Gasteiger partial charge in [-0.3, -0.25) is 9.59 Å². The van der Waals surface area contributed by atoms with Crippen molar-refractivity contribution in [3.63, 3.8) is 0 Å². The highest BCUT2D eigenvalue weighted by Crippen LogP contribution is 2.33. The number of carbonyl (C=O) groups is 2. The van der Waals surface area contributed by atoms with Crippen LogP contribution in [-0.2, 0) is 16.6 Å². The van der Waals surface area contributed by atoms with Crippen molar-refractivity contribution in [1.29, 1.82) is 0 Å². The molecule has 3 rings (SSSR count). The maximum Gasteiger partial charge on any atom is 0.247 e. The number of carbonyl (C=O) groups excluding carboxylic acids is 2. The number of anilines is 1. The van der Waals surface area contributed by atoms with Crippen LogP contribution in [0.1, 0.15) is 13.3 Å². The fourth-order valence-corrected chi connectivity index (χ4v) is 3.23. The van der Waals surface area contributed by atoms with E-state index in [1.807, 2.05) is 6.92 Å². The van der Waals surface area contributed by atoms with E-state index in [-0.39, 0.29) is 18.2 Å². The van der Waals surface area contributed by atoms with Crippen LogP contribution in [0.5, 0.6) is 5.75 Å². The van der Waals surface area contributed by atoms with Gasteiger partial charge in [-0.15, -0.1) is 5.10 Å². The minimum absolute atomic E-state index is 0.129. The Hall–Kier alpha value is -2.42. The summed E-state index contributed by atoms with van der Waals surface area (Å²) in [6.45, 7) is 2.45. The number of ether oxygens (including phenoxy) is 1. The van der Waals surface area contributed by atoms with Crippen molar-refractivity contribution in [1.82, 2.24) is 20.2 Å². The second-order valence-corrected chi connectivity index (χ2v) is 6.06. The van der Waals surface area contributed by atoms with E-state index >= 15 is 0 Å². The number of aryl methyl sites for hydroxylation is 1. The molecule has 0 unspecified atom stereocenters. The van der Waals surface area contributed by atoms with Gasteiger partial charge in [0.15, 0.2) is 0 Å². The molecule has 1 aromatic heterocycles. The number of aromatic nitrogens is 4. The molecular formula is C14H15N5O3S. The van der Waals surface area contributed by atoms with Crippen LogP contribution < -0.4 is 9.64 Å². The first-order valence-corrected chi connectivity index (χ1v) is 7.96. The Labute approximate surface area is 136 Å². The Balaban J connectivity index is 1.77. The molecule has 0 bridgehead atoms. The maximum absolute atomic E-state index is 12.5. The summed E-state index contributed by atoms with van der Waals surface area (Å²) in [5.41, 5.74) is 0.544. The largest absolute Gasteiger partial charge is 0.494 e. The topological polar surface area (TPSA) is 90.2 Å². The van der Waals surface area contributed by atoms with Gasteiger partial charge in [-0.05, 0) is 41.6 Å². The molecule has 1 aliphatic heterocycles. The number of thioether (sulfide) groups is 1. The van der Waals surface area contributed by atoms with Gasteiger partial charge >= 0.3 is 0 Å². The van der Waals surface area contributed by atoms with Crippen molar-refractivity contribution in [2.45, 2.75) is 23.8 Å². The third-order valence-corrected chi connectivity index (χ3v) is 4.55. The first-order chi connectivity index (χ1) is 11.1. The Morgan fingerprint density at radius 2 is 2.04 bits per heavy atom. The fourth-order valence-electron chi connectivity index (χ4n) is 2.27. The van der Waals surface area contributed by atoms with E-state index < -0.39 is 5.25 Å². The van der Waals surface area contributed by atoms with E-state index in [1.165, 1.54) is 21.3 Å². The number of imide groups is 1. The van der Waals surface area contributed by atoms with Gasteiger partial charge in [0.2, 0.25) is 17.0 Å². The molecule has 2 heterocycles. The molecule has 0 radical (unpaired) electrons. The summed E-state index contributed by atoms with van der Waals surface area (Å²) in [4.78, 5) is 26.0. The van der Waals surface area contributed by atoms with Crippen molar-refractivity contribution in [2.24, 2.45) is 7.05 Å². The van der Waals surface area contributed by atoms with Gasteiger partial charge in [0.05, 0.1) is 12.3 Å². The van der Waals surface area contributed by atoms with Gasteiger partial charge in [-0.1, -0.05) is 11.8 Å². The number of benzene rings is 1. The summed E-state index contributed by atoms with van der Waals surface area (Å²) in [6, 6.07) is 6.90. The molecule has 2 aromatic rings. The van der Waals surface area contributed by atoms with Crippen LogP contribution in [0.25, 0.3) is 0 Å². The molecule has 0 N–H and O–H groups in total. The maximum atomic E-state index is 12.5. The first-order valence-electron chi connectivity index (χ1n) is 7.09. The smallest absolute Gasteiger partial charge is 0.247 e. The van der Waals surface area contributed by atoms with E-state index in [4.69, 9.17) is 4.74 Å². The molecule has 9 heteroatoms. The van der Waals surface area contributed by atoms with Crippen molar-refractivity contribution in [2.75, 3.05) is 11.5 Å². The summed E-state index contributed by atoms with van der Waals surface area (Å²) in [6.07, 6.45) is 0.129. The third-order valence-electron chi connectivity index (χ3n) is 3.34. The molecule has 1 aromatic carbocycles. The van der Waals surface area contributed by atoms with Crippen LogP contribution in [0.4, 0.5) is 5.69 Å². The zero-order valence-electron chi connectivity index (χ0n) is 12.7. The molecule has 0 aliphatic carbocycles. The SMILES string of the molecule is CCOc1ccc(N2C(=O)C[C@@H](Sc3nnnn3C)C2=O)cc1. The summed E-state index contributed by atoms with van der Waals surface area (Å²) >= 11 is 1.20. The van der Waals surface area contributed by atoms with Crippen LogP contribution >= 0.6 is 11.8 Å². The molecule has 1 saturated heterocycles. The van der Waals surface area contributed by atoms with E-state index in [0.717, 1.165) is 0 Å². The van der Waals surface area contributed by atoms with Gasteiger partial charge in [-0.25, -0.2) is 9.58 Å². The van der Waals surface area contributed by atoms with E-state index in [1.54, 1.807) is 31.3 Å². The van der Waals surface area contributed by atoms with Crippen molar-refractivity contribution in [3.8, 4) is 5.75 Å². The molecular weight excluding hydrogens is 318 g/mol. The predicted octanol–water partition coefficient (Wildman–Crippen LogP) is 1.03. The van der Waals surface area contributed by atoms with Crippen molar-refractivity contribution >= 4 is 29.3 Å². The third kappa shape index (κ3) is 3.04. The van der Waals surface area contributed by atoms with Crippen LogP contribution in [0, 0.1) is 0 Å². The molecule has 2 amide bonds. The molecule has 1 atom stereocenters. The highest BCUT2D eigenvalue weighted by atomic mass is 32.2. The minimum atomic E-state index is -0.515. The highest BCUT2D eigenvalue weighted by Gasteiger charge is 2.40. The summed E-state index contributed by atoms with van der Waals surface area (Å²) in [5.74, 6) is 0.213. The van der Waals surface area contributed by atoms with Crippen LogP contribution in [0.2, 0.25) is 0 Å². The second-order valence-electron chi connectivity index (χ2n) is 4.89. The normalized spacial score (nSPS) is 17.8. The summed E-state index contributed by atoms with van der Waals surface area (Å²) in [7, 11) is 1.69. The summed E-state index contributed by atoms with van der Waals surface area (Å²) in [5, 5.41) is 11.1. The standard InChI is InChI=1S/C14H15N5O3S/c1-3-22-10-6-4-9(5-7-10)19-12(20)8-11(13(19)21)23-14-15-16-17-18(14)2/h4-7,11H,3,8H2,1-2H3/t11-/m1/s1. The molecule has 0 saturated carbocycles. The van der Waals surface area contributed by atoms with E-state index in [9.17, 15) is 9.59 Å². The van der Waals surface area contributed by atoms with Gasteiger partial charge in [0, 0.05) is 13.5 Å². The molecule has 1 fully saturated rings. The molecule has 120 valence electrons. The van der Waals surface area contributed by atoms with Gasteiger partial charge in [0.25, 0.3) is 0 Å². The van der Waals surface area contributed by atoms with Crippen LogP contribution in [0.15, 0.2) is 29.4 Å². The molecule has 8 nitrogen and oxygen atoms in total. The number of hydrogen-bond acceptors (Lipinski definition) is 7. The monoisotopic (exact) mass is 333 g/mol. The second kappa shape index (κ2) is 6.37. The van der Waals surface area contributed by atoms with Gasteiger partial charge < -0.3 is 4.74 Å². The summed E-state index contributed by atoms with van der Waals surface area (Å²) < 4.78 is 6.84. The van der Waals surface area contributed by atoms with E-state index in [2.05, 4.69) is 15.5 Å². The van der Waals surface area contributed by atoms with Crippen molar-refractivity contribution < 1.29 is 14.3 Å². The zero-order valence-corrected chi connectivity index (χ0v) is 13.5. The lowest BCUT2D eigenvalue weighted by Gasteiger charge is -2.15. The average molecular weight is 333 g/mol. The molecule has 23 heavy (non-hydrogen) atoms. The number of hydrogen-bond donors (Lipinski definition) is 0. The number of tetrazole rings is 1. The lowest BCUT2D eigenvalue weighted by molar-refractivity contribution is -0.121. The lowest BCUT2D eigenvalue weighted by Crippen LogP contribution is -2.31. The van der Waals surface area contributed by atoms with Gasteiger partial charge in [0.1, 0.15) is 11.0 Å². The minimum Gasteiger partial charge on any atom is -0.494 e. The molecule has 0 spiro atoms. The van der Waals surface area contributed by atoms with Gasteiger partial charge in [-0.2, -0.15) is 0 Å². The average Bonchev–Trinajstić information content (AvgIpc) is 3.05. The Bertz CT molecular complexity index is 730. The first kappa shape index (κ1) is 15.5. The lowest BCUT2D eigenvalue weighted by atomic mass is 10.3. The van der Waals surface area contributed by atoms with E-state index in [0.29, 0.717) is 23.2 Å². The Kier molecular flexibility index (Phi) is 4.28. The Morgan fingerprint density at radius 1 is 1.30 bits per heavy atom. The quantitative estimate of drug-likeness (QED) is 0.755. The number of amides is 2. The van der Waals surface area contributed by atoms with Crippen LogP contribution in [-0.4, -0.2) is 43.9 Å². The number of rotatable bonds is 5. The van der Waals surface area contributed by atoms with Crippen LogP contribution in [0.3, 0.4) is 0 Å². The predicted molar refractivity (Wildman–Crippen MR) is 83.2 cm³/mol. The highest BCUT2D eigenvalue weighted by molar-refractivity contribution is 8.00. The number of nitrogens with zero attached hydrogens (tertiary/aromatic N) is 5. The zero-order chi connectivity index (χ0) is 16.4. The molecule has 1 aliphatic rings.